The molecule has 58 valence electrons. The summed E-state index contributed by atoms with van der Waals surface area (Å²) in [6.45, 7) is 2.19. The molecule has 2 aliphatic rings. The molecule has 0 aromatic rings. The van der Waals surface area contributed by atoms with E-state index in [0.29, 0.717) is 0 Å². The van der Waals surface area contributed by atoms with Gasteiger partial charge < -0.3 is 5.32 Å². The van der Waals surface area contributed by atoms with Crippen LogP contribution in [0, 0.1) is 0 Å². The average molecular weight is 147 g/mol. The Morgan fingerprint density at radius 1 is 1.09 bits per heavy atom. The Hall–Kier alpha value is -0.820. The lowest BCUT2D eigenvalue weighted by Crippen LogP contribution is -2.23. The van der Waals surface area contributed by atoms with E-state index in [2.05, 4.69) is 29.6 Å². The van der Waals surface area contributed by atoms with Crippen LogP contribution in [0.5, 0.6) is 0 Å². The first kappa shape index (κ1) is 6.86. The molecule has 1 heterocycles. The third kappa shape index (κ3) is 1.43. The van der Waals surface area contributed by atoms with Gasteiger partial charge in [0.2, 0.25) is 0 Å². The lowest BCUT2D eigenvalue weighted by Gasteiger charge is -2.15. The van der Waals surface area contributed by atoms with Gasteiger partial charge >= 0.3 is 0 Å². The fourth-order valence-corrected chi connectivity index (χ4v) is 1.58. The first-order valence-corrected chi connectivity index (χ1v) is 4.22. The Morgan fingerprint density at radius 3 is 2.82 bits per heavy atom. The van der Waals surface area contributed by atoms with Crippen LogP contribution in [-0.4, -0.2) is 13.1 Å². The van der Waals surface area contributed by atoms with Crippen LogP contribution in [0.3, 0.4) is 0 Å². The SMILES string of the molecule is C1=CC2=C(C=CC1)CNCC2. The van der Waals surface area contributed by atoms with E-state index in [4.69, 9.17) is 0 Å². The zero-order valence-electron chi connectivity index (χ0n) is 6.64. The first-order valence-electron chi connectivity index (χ1n) is 4.22. The predicted molar refractivity (Wildman–Crippen MR) is 47.4 cm³/mol. The van der Waals surface area contributed by atoms with Crippen LogP contribution in [0.25, 0.3) is 0 Å². The Kier molecular flexibility index (Phi) is 1.91. The van der Waals surface area contributed by atoms with Crippen molar-refractivity contribution in [3.63, 3.8) is 0 Å². The highest BCUT2D eigenvalue weighted by Gasteiger charge is 2.07. The summed E-state index contributed by atoms with van der Waals surface area (Å²) < 4.78 is 0. The average Bonchev–Trinajstić information content (AvgIpc) is 2.28. The fourth-order valence-electron chi connectivity index (χ4n) is 1.58. The third-order valence-electron chi connectivity index (χ3n) is 2.21. The summed E-state index contributed by atoms with van der Waals surface area (Å²) in [5, 5.41) is 3.37. The van der Waals surface area contributed by atoms with E-state index >= 15 is 0 Å². The van der Waals surface area contributed by atoms with Gasteiger partial charge in [-0.15, -0.1) is 0 Å². The number of nitrogens with one attached hydrogen (secondary N) is 1. The van der Waals surface area contributed by atoms with Crippen molar-refractivity contribution in [2.75, 3.05) is 13.1 Å². The maximum Gasteiger partial charge on any atom is 0.0208 e. The van der Waals surface area contributed by atoms with E-state index in [1.807, 2.05) is 0 Å². The summed E-state index contributed by atoms with van der Waals surface area (Å²) in [6.07, 6.45) is 11.3. The van der Waals surface area contributed by atoms with Crippen LogP contribution in [-0.2, 0) is 0 Å². The molecule has 2 rings (SSSR count). The fraction of sp³-hybridized carbons (Fsp3) is 0.400. The maximum absolute atomic E-state index is 3.37. The lowest BCUT2D eigenvalue weighted by molar-refractivity contribution is 0.696. The maximum atomic E-state index is 3.37. The minimum absolute atomic E-state index is 1.05. The molecule has 0 amide bonds. The summed E-state index contributed by atoms with van der Waals surface area (Å²) in [5.41, 5.74) is 3.00. The van der Waals surface area contributed by atoms with Gasteiger partial charge in [0.05, 0.1) is 0 Å². The highest BCUT2D eigenvalue weighted by Crippen LogP contribution is 2.17. The molecule has 0 saturated carbocycles. The van der Waals surface area contributed by atoms with Gasteiger partial charge in [0.25, 0.3) is 0 Å². The van der Waals surface area contributed by atoms with Crippen molar-refractivity contribution in [3.05, 3.63) is 35.5 Å². The number of allylic oxidation sites excluding steroid dienone is 3. The number of hydrogen-bond acceptors (Lipinski definition) is 1. The Morgan fingerprint density at radius 2 is 1.91 bits per heavy atom. The van der Waals surface area contributed by atoms with Gasteiger partial charge in [-0.05, 0) is 30.5 Å². The van der Waals surface area contributed by atoms with Crippen LogP contribution >= 0.6 is 0 Å². The molecular weight excluding hydrogens is 134 g/mol. The topological polar surface area (TPSA) is 12.0 Å². The second kappa shape index (κ2) is 3.05. The molecule has 11 heavy (non-hydrogen) atoms. The summed E-state index contributed by atoms with van der Waals surface area (Å²) in [4.78, 5) is 0. The molecule has 0 saturated heterocycles. The molecule has 0 bridgehead atoms. The lowest BCUT2D eigenvalue weighted by atomic mass is 10.0. The van der Waals surface area contributed by atoms with E-state index < -0.39 is 0 Å². The van der Waals surface area contributed by atoms with Gasteiger partial charge in [0, 0.05) is 6.54 Å². The van der Waals surface area contributed by atoms with Gasteiger partial charge in [-0.1, -0.05) is 24.3 Å². The van der Waals surface area contributed by atoms with Crippen molar-refractivity contribution in [3.8, 4) is 0 Å². The van der Waals surface area contributed by atoms with Crippen LogP contribution in [0.2, 0.25) is 0 Å². The molecule has 1 aliphatic carbocycles. The molecule has 0 unspecified atom stereocenters. The molecule has 0 aromatic heterocycles. The van der Waals surface area contributed by atoms with E-state index in [-0.39, 0.29) is 0 Å². The Balaban J connectivity index is 2.31. The molecule has 1 aliphatic heterocycles. The molecule has 0 fully saturated rings. The minimum Gasteiger partial charge on any atom is -0.312 e. The number of rotatable bonds is 0. The van der Waals surface area contributed by atoms with Crippen molar-refractivity contribution < 1.29 is 0 Å². The zero-order chi connectivity index (χ0) is 7.52. The zero-order valence-corrected chi connectivity index (χ0v) is 6.64. The minimum atomic E-state index is 1.05. The first-order chi connectivity index (χ1) is 5.47. The van der Waals surface area contributed by atoms with Crippen LogP contribution in [0.1, 0.15) is 12.8 Å². The van der Waals surface area contributed by atoms with Gasteiger partial charge in [-0.3, -0.25) is 0 Å². The van der Waals surface area contributed by atoms with Crippen LogP contribution in [0.4, 0.5) is 0 Å². The molecule has 0 atom stereocenters. The van der Waals surface area contributed by atoms with Crippen LogP contribution in [0.15, 0.2) is 35.5 Å². The molecule has 0 spiro atoms. The summed E-state index contributed by atoms with van der Waals surface area (Å²) in [6, 6.07) is 0. The molecule has 1 heteroatoms. The summed E-state index contributed by atoms with van der Waals surface area (Å²) in [7, 11) is 0. The summed E-state index contributed by atoms with van der Waals surface area (Å²) >= 11 is 0. The third-order valence-corrected chi connectivity index (χ3v) is 2.21. The Labute approximate surface area is 67.5 Å². The second-order valence-electron chi connectivity index (χ2n) is 3.02. The Bertz CT molecular complexity index is 209. The quantitative estimate of drug-likeness (QED) is 0.551. The van der Waals surface area contributed by atoms with Crippen molar-refractivity contribution in [1.82, 2.24) is 5.32 Å². The van der Waals surface area contributed by atoms with E-state index in [1.54, 1.807) is 0 Å². The standard InChI is InChI=1S/C10H13N/c1-2-4-9-6-7-11-8-10(9)5-3-1/h2-5,11H,1,6-8H2. The highest BCUT2D eigenvalue weighted by molar-refractivity contribution is 5.38. The smallest absolute Gasteiger partial charge is 0.0208 e. The molecular formula is C10H13N. The monoisotopic (exact) mass is 147 g/mol. The van der Waals surface area contributed by atoms with Crippen molar-refractivity contribution in [2.45, 2.75) is 12.8 Å². The van der Waals surface area contributed by atoms with Gasteiger partial charge in [0.15, 0.2) is 0 Å². The van der Waals surface area contributed by atoms with Crippen molar-refractivity contribution in [1.29, 1.82) is 0 Å². The van der Waals surface area contributed by atoms with E-state index in [9.17, 15) is 0 Å². The van der Waals surface area contributed by atoms with Gasteiger partial charge in [-0.2, -0.15) is 0 Å². The molecule has 0 aromatic carbocycles. The molecule has 1 nitrogen and oxygen atoms in total. The normalized spacial score (nSPS) is 23.3. The molecule has 1 N–H and O–H groups in total. The predicted octanol–water partition coefficient (Wildman–Crippen LogP) is 1.79. The van der Waals surface area contributed by atoms with Crippen molar-refractivity contribution >= 4 is 0 Å². The van der Waals surface area contributed by atoms with E-state index in [1.165, 1.54) is 17.6 Å². The summed E-state index contributed by atoms with van der Waals surface area (Å²) in [5.74, 6) is 0. The van der Waals surface area contributed by atoms with Gasteiger partial charge in [0.1, 0.15) is 0 Å². The van der Waals surface area contributed by atoms with Crippen LogP contribution < -0.4 is 5.32 Å². The van der Waals surface area contributed by atoms with E-state index in [0.717, 1.165) is 19.5 Å². The second-order valence-corrected chi connectivity index (χ2v) is 3.02. The molecule has 0 radical (unpaired) electrons. The number of hydrogen-bond donors (Lipinski definition) is 1. The largest absolute Gasteiger partial charge is 0.312 e. The highest BCUT2D eigenvalue weighted by atomic mass is 14.9. The van der Waals surface area contributed by atoms with Crippen molar-refractivity contribution in [2.24, 2.45) is 0 Å². The van der Waals surface area contributed by atoms with Gasteiger partial charge in [-0.25, -0.2) is 0 Å².